The van der Waals surface area contributed by atoms with Crippen LogP contribution in [0, 0.1) is 11.3 Å². The molecule has 0 unspecified atom stereocenters. The van der Waals surface area contributed by atoms with Gasteiger partial charge in [-0.2, -0.15) is 5.26 Å². The number of anilines is 1. The number of pyridine rings is 1. The van der Waals surface area contributed by atoms with Gasteiger partial charge in [-0.1, -0.05) is 44.0 Å². The van der Waals surface area contributed by atoms with Gasteiger partial charge in [0.05, 0.1) is 16.8 Å². The van der Waals surface area contributed by atoms with Gasteiger partial charge in [-0.15, -0.1) is 0 Å². The number of fused-ring (bicyclic) bond motifs is 1. The smallest absolute Gasteiger partial charge is 0.267 e. The first-order valence-electron chi connectivity index (χ1n) is 9.23. The van der Waals surface area contributed by atoms with E-state index in [-0.39, 0.29) is 16.9 Å². The number of nitrogens with zero attached hydrogens (tertiary/aromatic N) is 2. The molecule has 0 aliphatic rings. The molecule has 0 aliphatic heterocycles. The fourth-order valence-corrected chi connectivity index (χ4v) is 3.21. The van der Waals surface area contributed by atoms with Gasteiger partial charge in [0.2, 0.25) is 0 Å². The average Bonchev–Trinajstić information content (AvgIpc) is 2.71. The Morgan fingerprint density at radius 1 is 1.14 bits per heavy atom. The lowest BCUT2D eigenvalue weighted by atomic mass is 10.1. The van der Waals surface area contributed by atoms with Crippen LogP contribution in [0.25, 0.3) is 10.9 Å². The van der Waals surface area contributed by atoms with E-state index in [9.17, 15) is 20.0 Å². The minimum absolute atomic E-state index is 0.277. The Labute approximate surface area is 162 Å². The van der Waals surface area contributed by atoms with Crippen molar-refractivity contribution in [2.75, 3.05) is 5.32 Å². The lowest BCUT2D eigenvalue weighted by molar-refractivity contribution is 0.102. The number of aromatic hydroxyl groups is 1. The van der Waals surface area contributed by atoms with Crippen molar-refractivity contribution < 1.29 is 9.90 Å². The maximum absolute atomic E-state index is 13.1. The second kappa shape index (κ2) is 8.40. The Balaban J connectivity index is 2.11. The highest BCUT2D eigenvalue weighted by Crippen LogP contribution is 2.27. The molecule has 3 rings (SSSR count). The predicted octanol–water partition coefficient (Wildman–Crippen LogP) is 4.02. The van der Waals surface area contributed by atoms with E-state index >= 15 is 0 Å². The molecule has 6 nitrogen and oxygen atoms in total. The van der Waals surface area contributed by atoms with Gasteiger partial charge in [0.15, 0.2) is 0 Å². The van der Waals surface area contributed by atoms with Crippen molar-refractivity contribution in [3.63, 3.8) is 0 Å². The van der Waals surface area contributed by atoms with Crippen molar-refractivity contribution in [1.29, 1.82) is 5.26 Å². The maximum atomic E-state index is 13.1. The van der Waals surface area contributed by atoms with Gasteiger partial charge >= 0.3 is 0 Å². The quantitative estimate of drug-likeness (QED) is 0.636. The summed E-state index contributed by atoms with van der Waals surface area (Å²) in [4.78, 5) is 25.9. The van der Waals surface area contributed by atoms with Crippen molar-refractivity contribution in [2.45, 2.75) is 32.7 Å². The van der Waals surface area contributed by atoms with Crippen LogP contribution in [0.15, 0.2) is 53.3 Å². The summed E-state index contributed by atoms with van der Waals surface area (Å²) in [5, 5.41) is 22.9. The Morgan fingerprint density at radius 3 is 2.61 bits per heavy atom. The molecule has 0 fully saturated rings. The van der Waals surface area contributed by atoms with Crippen LogP contribution in [0.1, 0.15) is 42.1 Å². The van der Waals surface area contributed by atoms with E-state index in [0.717, 1.165) is 19.3 Å². The van der Waals surface area contributed by atoms with Gasteiger partial charge in [-0.3, -0.25) is 9.59 Å². The summed E-state index contributed by atoms with van der Waals surface area (Å²) in [5.74, 6) is -1.08. The van der Waals surface area contributed by atoms with Gasteiger partial charge in [-0.25, -0.2) is 0 Å². The maximum Gasteiger partial charge on any atom is 0.267 e. The summed E-state index contributed by atoms with van der Waals surface area (Å²) < 4.78 is 1.54. The van der Waals surface area contributed by atoms with Gasteiger partial charge in [0.1, 0.15) is 17.4 Å². The summed E-state index contributed by atoms with van der Waals surface area (Å²) in [6.45, 7) is 2.53. The standard InChI is InChI=1S/C22H21N3O3/c1-2-3-8-13-25-18-12-7-5-10-16(18)20(26)19(22(25)28)21(27)24-17-11-6-4-9-15(17)14-23/h4-7,9-12,26H,2-3,8,13H2,1H3,(H,24,27). The van der Waals surface area contributed by atoms with Crippen LogP contribution in [0.5, 0.6) is 5.75 Å². The van der Waals surface area contributed by atoms with Crippen LogP contribution in [0.2, 0.25) is 0 Å². The second-order valence-corrected chi connectivity index (χ2v) is 6.52. The van der Waals surface area contributed by atoms with E-state index in [4.69, 9.17) is 0 Å². The number of hydrogen-bond donors (Lipinski definition) is 2. The molecular weight excluding hydrogens is 354 g/mol. The van der Waals surface area contributed by atoms with Crippen LogP contribution >= 0.6 is 0 Å². The van der Waals surface area contributed by atoms with Gasteiger partial charge < -0.3 is 15.0 Å². The number of aryl methyl sites for hydroxylation is 1. The van der Waals surface area contributed by atoms with Crippen LogP contribution in [-0.4, -0.2) is 15.6 Å². The van der Waals surface area contributed by atoms with E-state index in [1.807, 2.05) is 6.07 Å². The normalized spacial score (nSPS) is 10.6. The molecule has 0 bridgehead atoms. The number of benzene rings is 2. The van der Waals surface area contributed by atoms with Crippen LogP contribution in [0.3, 0.4) is 0 Å². The fourth-order valence-electron chi connectivity index (χ4n) is 3.21. The first kappa shape index (κ1) is 19.2. The van der Waals surface area contributed by atoms with E-state index in [2.05, 4.69) is 12.2 Å². The molecule has 0 aliphatic carbocycles. The van der Waals surface area contributed by atoms with Crippen molar-refractivity contribution >= 4 is 22.5 Å². The van der Waals surface area contributed by atoms with E-state index < -0.39 is 11.5 Å². The zero-order valence-electron chi connectivity index (χ0n) is 15.6. The topological polar surface area (TPSA) is 95.1 Å². The number of hydrogen-bond acceptors (Lipinski definition) is 4. The number of carbonyl (C=O) groups excluding carboxylic acids is 1. The van der Waals surface area contributed by atoms with E-state index in [1.54, 1.807) is 48.5 Å². The lowest BCUT2D eigenvalue weighted by Crippen LogP contribution is -2.30. The number of nitriles is 1. The SMILES string of the molecule is CCCCCn1c(=O)c(C(=O)Nc2ccccc2C#N)c(O)c2ccccc21. The summed E-state index contributed by atoms with van der Waals surface area (Å²) in [6, 6.07) is 15.5. The monoisotopic (exact) mass is 375 g/mol. The van der Waals surface area contributed by atoms with Crippen molar-refractivity contribution in [3.05, 3.63) is 70.0 Å². The molecule has 0 saturated carbocycles. The molecule has 3 aromatic rings. The molecule has 1 aromatic heterocycles. The summed E-state index contributed by atoms with van der Waals surface area (Å²) in [6.07, 6.45) is 2.76. The van der Waals surface area contributed by atoms with Crippen molar-refractivity contribution in [1.82, 2.24) is 4.57 Å². The number of para-hydroxylation sites is 2. The predicted molar refractivity (Wildman–Crippen MR) is 109 cm³/mol. The first-order chi connectivity index (χ1) is 13.6. The minimum Gasteiger partial charge on any atom is -0.506 e. The summed E-state index contributed by atoms with van der Waals surface area (Å²) >= 11 is 0. The Bertz CT molecular complexity index is 1130. The van der Waals surface area contributed by atoms with Gasteiger partial charge in [-0.05, 0) is 30.7 Å². The molecule has 2 N–H and O–H groups in total. The fraction of sp³-hybridized carbons (Fsp3) is 0.227. The lowest BCUT2D eigenvalue weighted by Gasteiger charge is -2.15. The van der Waals surface area contributed by atoms with Crippen LogP contribution in [0.4, 0.5) is 5.69 Å². The zero-order valence-corrected chi connectivity index (χ0v) is 15.6. The van der Waals surface area contributed by atoms with E-state index in [1.165, 1.54) is 4.57 Å². The first-order valence-corrected chi connectivity index (χ1v) is 9.23. The third-order valence-electron chi connectivity index (χ3n) is 4.65. The number of carbonyl (C=O) groups is 1. The number of unbranched alkanes of at least 4 members (excludes halogenated alkanes) is 2. The number of amides is 1. The molecule has 2 aromatic carbocycles. The van der Waals surface area contributed by atoms with Crippen molar-refractivity contribution in [2.24, 2.45) is 0 Å². The molecule has 0 radical (unpaired) electrons. The third-order valence-corrected chi connectivity index (χ3v) is 4.65. The van der Waals surface area contributed by atoms with Crippen molar-refractivity contribution in [3.8, 4) is 11.8 Å². The number of aromatic nitrogens is 1. The molecule has 0 atom stereocenters. The molecule has 6 heteroatoms. The minimum atomic E-state index is -0.736. The number of nitrogens with one attached hydrogen (secondary N) is 1. The molecule has 28 heavy (non-hydrogen) atoms. The second-order valence-electron chi connectivity index (χ2n) is 6.52. The zero-order chi connectivity index (χ0) is 20.1. The molecule has 0 spiro atoms. The molecule has 1 heterocycles. The van der Waals surface area contributed by atoms with Gasteiger partial charge in [0, 0.05) is 11.9 Å². The Morgan fingerprint density at radius 2 is 1.86 bits per heavy atom. The molecule has 1 amide bonds. The summed E-state index contributed by atoms with van der Waals surface area (Å²) in [5.41, 5.74) is 0.302. The average molecular weight is 375 g/mol. The largest absolute Gasteiger partial charge is 0.506 e. The van der Waals surface area contributed by atoms with Crippen LogP contribution in [-0.2, 0) is 6.54 Å². The van der Waals surface area contributed by atoms with Gasteiger partial charge in [0.25, 0.3) is 11.5 Å². The highest BCUT2D eigenvalue weighted by molar-refractivity contribution is 6.09. The molecule has 0 saturated heterocycles. The van der Waals surface area contributed by atoms with E-state index in [0.29, 0.717) is 23.1 Å². The Hall–Kier alpha value is -3.59. The highest BCUT2D eigenvalue weighted by Gasteiger charge is 2.22. The van der Waals surface area contributed by atoms with Crippen LogP contribution < -0.4 is 10.9 Å². The highest BCUT2D eigenvalue weighted by atomic mass is 16.3. The summed E-state index contributed by atoms with van der Waals surface area (Å²) in [7, 11) is 0. The third kappa shape index (κ3) is 3.60. The molecular formula is C22H21N3O3. The molecule has 142 valence electrons. The number of rotatable bonds is 6. The Kier molecular flexibility index (Phi) is 5.75.